The van der Waals surface area contributed by atoms with Gasteiger partial charge in [0.25, 0.3) is 0 Å². The van der Waals surface area contributed by atoms with E-state index in [0.717, 1.165) is 0 Å². The molecule has 2 N–H and O–H groups in total. The Balaban J connectivity index is 2.16. The molecule has 1 aromatic heterocycles. The highest BCUT2D eigenvalue weighted by Crippen LogP contribution is 2.23. The van der Waals surface area contributed by atoms with Crippen molar-refractivity contribution in [1.29, 1.82) is 0 Å². The largest absolute Gasteiger partial charge is 0.406 e. The Morgan fingerprint density at radius 3 is 2.83 bits per heavy atom. The summed E-state index contributed by atoms with van der Waals surface area (Å²) in [5.41, 5.74) is 0.283. The van der Waals surface area contributed by atoms with E-state index in [1.54, 1.807) is 19.2 Å². The van der Waals surface area contributed by atoms with Crippen molar-refractivity contribution in [3.63, 3.8) is 0 Å². The molecule has 0 aliphatic carbocycles. The summed E-state index contributed by atoms with van der Waals surface area (Å²) >= 11 is 3.19. The SMILES string of the molecule is CNC(C)c1nnc(Nc2ccc(Br)cc2F)o1. The molecule has 2 aromatic rings. The quantitative estimate of drug-likeness (QED) is 0.908. The van der Waals surface area contributed by atoms with Crippen molar-refractivity contribution in [2.24, 2.45) is 0 Å². The predicted octanol–water partition coefficient (Wildman–Crippen LogP) is 3.00. The van der Waals surface area contributed by atoms with E-state index in [-0.39, 0.29) is 17.7 Å². The first-order valence-electron chi connectivity index (χ1n) is 5.33. The van der Waals surface area contributed by atoms with Crippen molar-refractivity contribution in [1.82, 2.24) is 15.5 Å². The zero-order chi connectivity index (χ0) is 13.1. The predicted molar refractivity (Wildman–Crippen MR) is 69.2 cm³/mol. The Morgan fingerprint density at radius 2 is 2.17 bits per heavy atom. The van der Waals surface area contributed by atoms with E-state index in [9.17, 15) is 4.39 Å². The first kappa shape index (κ1) is 13.0. The number of aromatic nitrogens is 2. The van der Waals surface area contributed by atoms with Crippen molar-refractivity contribution in [2.75, 3.05) is 12.4 Å². The summed E-state index contributed by atoms with van der Waals surface area (Å²) in [5.74, 6) is 0.0447. The van der Waals surface area contributed by atoms with Gasteiger partial charge in [0.2, 0.25) is 5.89 Å². The molecular weight excluding hydrogens is 303 g/mol. The van der Waals surface area contributed by atoms with Crippen LogP contribution >= 0.6 is 15.9 Å². The molecular formula is C11H12BrFN4O. The van der Waals surface area contributed by atoms with Crippen LogP contribution in [0.25, 0.3) is 0 Å². The first-order chi connectivity index (χ1) is 8.60. The van der Waals surface area contributed by atoms with E-state index in [2.05, 4.69) is 36.8 Å². The molecule has 5 nitrogen and oxygen atoms in total. The maximum atomic E-state index is 13.6. The number of halogens is 2. The van der Waals surface area contributed by atoms with Crippen LogP contribution in [0, 0.1) is 5.82 Å². The fraction of sp³-hybridized carbons (Fsp3) is 0.273. The Hall–Kier alpha value is -1.47. The first-order valence-corrected chi connectivity index (χ1v) is 6.12. The Kier molecular flexibility index (Phi) is 3.93. The molecule has 1 heterocycles. The van der Waals surface area contributed by atoms with Crippen molar-refractivity contribution in [3.8, 4) is 0 Å². The summed E-state index contributed by atoms with van der Waals surface area (Å²) in [5, 5.41) is 13.4. The summed E-state index contributed by atoms with van der Waals surface area (Å²) < 4.78 is 19.6. The molecule has 0 spiro atoms. The fourth-order valence-electron chi connectivity index (χ4n) is 1.29. The number of benzene rings is 1. The molecule has 0 saturated heterocycles. The number of nitrogens with zero attached hydrogens (tertiary/aromatic N) is 2. The molecule has 0 fully saturated rings. The molecule has 1 atom stereocenters. The van der Waals surface area contributed by atoms with Crippen LogP contribution in [0.3, 0.4) is 0 Å². The van der Waals surface area contributed by atoms with Gasteiger partial charge in [-0.3, -0.25) is 0 Å². The number of hydrogen-bond donors (Lipinski definition) is 2. The normalized spacial score (nSPS) is 12.4. The number of anilines is 2. The average molecular weight is 315 g/mol. The van der Waals surface area contributed by atoms with E-state index in [1.165, 1.54) is 6.07 Å². The highest BCUT2D eigenvalue weighted by atomic mass is 79.9. The summed E-state index contributed by atoms with van der Waals surface area (Å²) in [6, 6.07) is 4.77. The van der Waals surface area contributed by atoms with Gasteiger partial charge in [-0.15, -0.1) is 5.10 Å². The second kappa shape index (κ2) is 5.45. The molecule has 1 aromatic carbocycles. The molecule has 0 saturated carbocycles. The third kappa shape index (κ3) is 2.85. The van der Waals surface area contributed by atoms with Crippen molar-refractivity contribution in [2.45, 2.75) is 13.0 Å². The van der Waals surface area contributed by atoms with Gasteiger partial charge >= 0.3 is 6.01 Å². The lowest BCUT2D eigenvalue weighted by molar-refractivity contribution is 0.443. The maximum absolute atomic E-state index is 13.6. The van der Waals surface area contributed by atoms with Crippen LogP contribution < -0.4 is 10.6 Å². The van der Waals surface area contributed by atoms with Crippen LogP contribution in [0.1, 0.15) is 18.9 Å². The number of hydrogen-bond acceptors (Lipinski definition) is 5. The van der Waals surface area contributed by atoms with Gasteiger partial charge in [0.1, 0.15) is 5.82 Å². The third-order valence-electron chi connectivity index (χ3n) is 2.42. The Labute approximate surface area is 112 Å². The van der Waals surface area contributed by atoms with Crippen molar-refractivity contribution >= 4 is 27.6 Å². The topological polar surface area (TPSA) is 63.0 Å². The highest BCUT2D eigenvalue weighted by molar-refractivity contribution is 9.10. The summed E-state index contributed by atoms with van der Waals surface area (Å²) in [6.07, 6.45) is 0. The lowest BCUT2D eigenvalue weighted by Crippen LogP contribution is -2.12. The van der Waals surface area contributed by atoms with E-state index in [4.69, 9.17) is 4.42 Å². The van der Waals surface area contributed by atoms with Gasteiger partial charge in [0.15, 0.2) is 0 Å². The van der Waals surface area contributed by atoms with Gasteiger partial charge < -0.3 is 15.1 Å². The highest BCUT2D eigenvalue weighted by Gasteiger charge is 2.13. The molecule has 2 rings (SSSR count). The molecule has 18 heavy (non-hydrogen) atoms. The Morgan fingerprint density at radius 1 is 1.39 bits per heavy atom. The van der Waals surface area contributed by atoms with Crippen LogP contribution in [-0.4, -0.2) is 17.2 Å². The lowest BCUT2D eigenvalue weighted by atomic mass is 10.3. The summed E-state index contributed by atoms with van der Waals surface area (Å²) in [6.45, 7) is 1.89. The standard InChI is InChI=1S/C11H12BrFN4O/c1-6(14-2)10-16-17-11(18-10)15-9-4-3-7(12)5-8(9)13/h3-6,14H,1-2H3,(H,15,17). The van der Waals surface area contributed by atoms with Gasteiger partial charge in [-0.25, -0.2) is 4.39 Å². The molecule has 7 heteroatoms. The summed E-state index contributed by atoms with van der Waals surface area (Å²) in [4.78, 5) is 0. The van der Waals surface area contributed by atoms with Gasteiger partial charge in [-0.2, -0.15) is 0 Å². The maximum Gasteiger partial charge on any atom is 0.320 e. The molecule has 0 amide bonds. The molecule has 0 bridgehead atoms. The smallest absolute Gasteiger partial charge is 0.320 e. The van der Waals surface area contributed by atoms with E-state index < -0.39 is 5.82 Å². The number of rotatable bonds is 4. The molecule has 96 valence electrons. The molecule has 0 radical (unpaired) electrons. The third-order valence-corrected chi connectivity index (χ3v) is 2.91. The second-order valence-electron chi connectivity index (χ2n) is 3.70. The van der Waals surface area contributed by atoms with Crippen molar-refractivity contribution in [3.05, 3.63) is 34.4 Å². The van der Waals surface area contributed by atoms with Gasteiger partial charge in [0, 0.05) is 4.47 Å². The minimum absolute atomic E-state index is 0.0529. The second-order valence-corrected chi connectivity index (χ2v) is 4.62. The molecule has 0 aliphatic rings. The zero-order valence-electron chi connectivity index (χ0n) is 9.87. The molecule has 0 aliphatic heterocycles. The monoisotopic (exact) mass is 314 g/mol. The van der Waals surface area contributed by atoms with Gasteiger partial charge in [-0.05, 0) is 32.2 Å². The molecule has 1 unspecified atom stereocenters. The van der Waals surface area contributed by atoms with E-state index in [0.29, 0.717) is 10.4 Å². The van der Waals surface area contributed by atoms with Crippen LogP contribution in [0.4, 0.5) is 16.1 Å². The van der Waals surface area contributed by atoms with Crippen LogP contribution in [0.2, 0.25) is 0 Å². The van der Waals surface area contributed by atoms with Crippen LogP contribution in [0.5, 0.6) is 0 Å². The zero-order valence-corrected chi connectivity index (χ0v) is 11.5. The van der Waals surface area contributed by atoms with Crippen molar-refractivity contribution < 1.29 is 8.81 Å². The minimum Gasteiger partial charge on any atom is -0.406 e. The van der Waals surface area contributed by atoms with E-state index >= 15 is 0 Å². The lowest BCUT2D eigenvalue weighted by Gasteiger charge is -2.04. The average Bonchev–Trinajstić information content (AvgIpc) is 2.80. The van der Waals surface area contributed by atoms with Crippen LogP contribution in [0.15, 0.2) is 27.1 Å². The number of nitrogens with one attached hydrogen (secondary N) is 2. The summed E-state index contributed by atoms with van der Waals surface area (Å²) in [7, 11) is 1.79. The van der Waals surface area contributed by atoms with Gasteiger partial charge in [0.05, 0.1) is 11.7 Å². The van der Waals surface area contributed by atoms with Crippen LogP contribution in [-0.2, 0) is 0 Å². The fourth-order valence-corrected chi connectivity index (χ4v) is 1.62. The minimum atomic E-state index is -0.397. The van der Waals surface area contributed by atoms with Gasteiger partial charge in [-0.1, -0.05) is 21.0 Å². The van der Waals surface area contributed by atoms with E-state index in [1.807, 2.05) is 6.92 Å². The Bertz CT molecular complexity index is 546.